The van der Waals surface area contributed by atoms with Crippen molar-refractivity contribution in [1.29, 1.82) is 0 Å². The Bertz CT molecular complexity index is 404. The summed E-state index contributed by atoms with van der Waals surface area (Å²) in [7, 11) is 0. The molecule has 0 saturated carbocycles. The summed E-state index contributed by atoms with van der Waals surface area (Å²) >= 11 is 3.24. The van der Waals surface area contributed by atoms with Crippen LogP contribution in [0.4, 0.5) is 5.69 Å². The zero-order valence-electron chi connectivity index (χ0n) is 8.08. The van der Waals surface area contributed by atoms with Crippen molar-refractivity contribution in [3.05, 3.63) is 29.3 Å². The fraction of sp³-hybridized carbons (Fsp3) is 0.200. The zero-order valence-corrected chi connectivity index (χ0v) is 9.67. The molecule has 0 aliphatic heterocycles. The second-order valence-electron chi connectivity index (χ2n) is 2.99. The van der Waals surface area contributed by atoms with Crippen LogP contribution in [0.25, 0.3) is 0 Å². The topological polar surface area (TPSA) is 66.4 Å². The van der Waals surface area contributed by atoms with Crippen molar-refractivity contribution >= 4 is 33.5 Å². The third-order valence-electron chi connectivity index (χ3n) is 1.81. The average Bonchev–Trinajstić information content (AvgIpc) is 2.17. The Balaban J connectivity index is 3.08. The number of halogens is 1. The number of carbonyl (C=O) groups is 2. The maximum Gasteiger partial charge on any atom is 0.335 e. The summed E-state index contributed by atoms with van der Waals surface area (Å²) in [6.45, 7) is 1.41. The molecule has 0 spiro atoms. The fourth-order valence-electron chi connectivity index (χ4n) is 1.15. The highest BCUT2D eigenvalue weighted by atomic mass is 79.9. The monoisotopic (exact) mass is 271 g/mol. The molecule has 1 aromatic carbocycles. The number of benzene rings is 1. The van der Waals surface area contributed by atoms with Crippen molar-refractivity contribution in [1.82, 2.24) is 0 Å². The molecule has 0 fully saturated rings. The molecule has 0 aromatic heterocycles. The molecule has 80 valence electrons. The predicted octanol–water partition coefficient (Wildman–Crippen LogP) is 2.24. The number of amides is 1. The fourth-order valence-corrected chi connectivity index (χ4v) is 1.61. The number of carboxylic acid groups (broad SMARTS) is 1. The number of aromatic carboxylic acids is 1. The zero-order chi connectivity index (χ0) is 11.4. The van der Waals surface area contributed by atoms with Crippen LogP contribution in [0.5, 0.6) is 0 Å². The van der Waals surface area contributed by atoms with E-state index < -0.39 is 5.97 Å². The van der Waals surface area contributed by atoms with Gasteiger partial charge in [0.15, 0.2) is 0 Å². The van der Waals surface area contributed by atoms with Gasteiger partial charge in [0, 0.05) is 17.9 Å². The van der Waals surface area contributed by atoms with Gasteiger partial charge < -0.3 is 10.4 Å². The van der Waals surface area contributed by atoms with Crippen LogP contribution in [0, 0.1) is 0 Å². The van der Waals surface area contributed by atoms with Gasteiger partial charge in [-0.1, -0.05) is 15.9 Å². The molecule has 0 aliphatic rings. The molecule has 1 aromatic rings. The third-order valence-corrected chi connectivity index (χ3v) is 2.41. The molecule has 0 heterocycles. The molecule has 0 atom stereocenters. The van der Waals surface area contributed by atoms with Crippen LogP contribution < -0.4 is 5.32 Å². The summed E-state index contributed by atoms with van der Waals surface area (Å²) in [4.78, 5) is 21.6. The van der Waals surface area contributed by atoms with Gasteiger partial charge in [-0.2, -0.15) is 0 Å². The highest BCUT2D eigenvalue weighted by Crippen LogP contribution is 2.20. The number of carbonyl (C=O) groups excluding carboxylic acids is 1. The second-order valence-corrected chi connectivity index (χ2v) is 3.55. The maximum atomic E-state index is 10.9. The first kappa shape index (κ1) is 11.7. The quantitative estimate of drug-likeness (QED) is 0.829. The normalized spacial score (nSPS) is 9.73. The van der Waals surface area contributed by atoms with Crippen molar-refractivity contribution in [3.8, 4) is 0 Å². The SMILES string of the molecule is CC(=O)Nc1ccc(C(=O)O)cc1CBr. The average molecular weight is 272 g/mol. The number of anilines is 1. The van der Waals surface area contributed by atoms with Crippen molar-refractivity contribution in [2.45, 2.75) is 12.3 Å². The molecule has 0 bridgehead atoms. The largest absolute Gasteiger partial charge is 0.478 e. The minimum atomic E-state index is -0.980. The van der Waals surface area contributed by atoms with E-state index in [0.29, 0.717) is 11.0 Å². The second kappa shape index (κ2) is 4.93. The molecule has 0 saturated heterocycles. The Labute approximate surface area is 95.4 Å². The lowest BCUT2D eigenvalue weighted by molar-refractivity contribution is -0.114. The Morgan fingerprint density at radius 3 is 2.60 bits per heavy atom. The first-order valence-corrected chi connectivity index (χ1v) is 5.36. The lowest BCUT2D eigenvalue weighted by Crippen LogP contribution is -2.08. The van der Waals surface area contributed by atoms with Crippen molar-refractivity contribution in [3.63, 3.8) is 0 Å². The Morgan fingerprint density at radius 1 is 1.47 bits per heavy atom. The van der Waals surface area contributed by atoms with Crippen LogP contribution in [-0.4, -0.2) is 17.0 Å². The number of rotatable bonds is 3. The highest BCUT2D eigenvalue weighted by molar-refractivity contribution is 9.08. The molecule has 1 rings (SSSR count). The minimum Gasteiger partial charge on any atom is -0.478 e. The first-order chi connectivity index (χ1) is 7.04. The molecular formula is C10H10BrNO3. The van der Waals surface area contributed by atoms with Crippen molar-refractivity contribution < 1.29 is 14.7 Å². The van der Waals surface area contributed by atoms with Gasteiger partial charge in [-0.3, -0.25) is 4.79 Å². The van der Waals surface area contributed by atoms with Gasteiger partial charge in [-0.15, -0.1) is 0 Å². The van der Waals surface area contributed by atoms with Gasteiger partial charge in [0.05, 0.1) is 5.56 Å². The summed E-state index contributed by atoms with van der Waals surface area (Å²) in [5.74, 6) is -1.16. The number of alkyl halides is 1. The van der Waals surface area contributed by atoms with Gasteiger partial charge in [-0.05, 0) is 23.8 Å². The Hall–Kier alpha value is -1.36. The lowest BCUT2D eigenvalue weighted by atomic mass is 10.1. The Kier molecular flexibility index (Phi) is 3.85. The van der Waals surface area contributed by atoms with Crippen LogP contribution in [-0.2, 0) is 10.1 Å². The number of hydrogen-bond donors (Lipinski definition) is 2. The van der Waals surface area contributed by atoms with Gasteiger partial charge in [-0.25, -0.2) is 4.79 Å². The van der Waals surface area contributed by atoms with E-state index in [4.69, 9.17) is 5.11 Å². The minimum absolute atomic E-state index is 0.180. The molecule has 2 N–H and O–H groups in total. The van der Waals surface area contributed by atoms with E-state index in [1.807, 2.05) is 0 Å². The van der Waals surface area contributed by atoms with E-state index in [-0.39, 0.29) is 11.5 Å². The molecule has 0 radical (unpaired) electrons. The standard InChI is InChI=1S/C10H10BrNO3/c1-6(13)12-9-3-2-7(10(14)15)4-8(9)5-11/h2-4H,5H2,1H3,(H,12,13)(H,14,15). The summed E-state index contributed by atoms with van der Waals surface area (Å²) in [6, 6.07) is 4.57. The van der Waals surface area contributed by atoms with E-state index in [2.05, 4.69) is 21.2 Å². The summed E-state index contributed by atoms with van der Waals surface area (Å²) < 4.78 is 0. The molecule has 1 amide bonds. The maximum absolute atomic E-state index is 10.9. The summed E-state index contributed by atoms with van der Waals surface area (Å²) in [6.07, 6.45) is 0. The van der Waals surface area contributed by atoms with E-state index in [0.717, 1.165) is 5.56 Å². The first-order valence-electron chi connectivity index (χ1n) is 4.24. The van der Waals surface area contributed by atoms with E-state index in [1.54, 1.807) is 6.07 Å². The van der Waals surface area contributed by atoms with E-state index >= 15 is 0 Å². The number of nitrogens with one attached hydrogen (secondary N) is 1. The van der Waals surface area contributed by atoms with Gasteiger partial charge in [0.25, 0.3) is 0 Å². The van der Waals surface area contributed by atoms with Gasteiger partial charge >= 0.3 is 5.97 Å². The van der Waals surface area contributed by atoms with E-state index in [9.17, 15) is 9.59 Å². The summed E-state index contributed by atoms with van der Waals surface area (Å²) in [5, 5.41) is 11.9. The summed E-state index contributed by atoms with van der Waals surface area (Å²) in [5.41, 5.74) is 1.58. The third kappa shape index (κ3) is 3.06. The number of hydrogen-bond acceptors (Lipinski definition) is 2. The molecule has 0 aliphatic carbocycles. The van der Waals surface area contributed by atoms with Crippen LogP contribution in [0.15, 0.2) is 18.2 Å². The lowest BCUT2D eigenvalue weighted by Gasteiger charge is -2.08. The van der Waals surface area contributed by atoms with E-state index in [1.165, 1.54) is 19.1 Å². The van der Waals surface area contributed by atoms with Crippen molar-refractivity contribution in [2.75, 3.05) is 5.32 Å². The predicted molar refractivity (Wildman–Crippen MR) is 60.3 cm³/mol. The number of carboxylic acids is 1. The van der Waals surface area contributed by atoms with Gasteiger partial charge in [0.2, 0.25) is 5.91 Å². The van der Waals surface area contributed by atoms with Crippen molar-refractivity contribution in [2.24, 2.45) is 0 Å². The molecular weight excluding hydrogens is 262 g/mol. The molecule has 15 heavy (non-hydrogen) atoms. The highest BCUT2D eigenvalue weighted by Gasteiger charge is 2.08. The van der Waals surface area contributed by atoms with Gasteiger partial charge in [0.1, 0.15) is 0 Å². The Morgan fingerprint density at radius 2 is 2.13 bits per heavy atom. The van der Waals surface area contributed by atoms with Crippen LogP contribution in [0.3, 0.4) is 0 Å². The van der Waals surface area contributed by atoms with Crippen LogP contribution in [0.1, 0.15) is 22.8 Å². The molecule has 5 heteroatoms. The van der Waals surface area contributed by atoms with Crippen LogP contribution >= 0.6 is 15.9 Å². The molecule has 0 unspecified atom stereocenters. The van der Waals surface area contributed by atoms with Crippen LogP contribution in [0.2, 0.25) is 0 Å². The smallest absolute Gasteiger partial charge is 0.335 e. The molecule has 4 nitrogen and oxygen atoms in total.